The number of urea groups is 1. The van der Waals surface area contributed by atoms with Gasteiger partial charge in [0.25, 0.3) is 0 Å². The number of aromatic nitrogens is 1. The van der Waals surface area contributed by atoms with Crippen LogP contribution in [-0.4, -0.2) is 62.4 Å². The van der Waals surface area contributed by atoms with Crippen LogP contribution in [0, 0.1) is 5.82 Å². The molecule has 2 heterocycles. The second-order valence-corrected chi connectivity index (χ2v) is 6.32. The Labute approximate surface area is 137 Å². The van der Waals surface area contributed by atoms with Crippen molar-refractivity contribution in [1.82, 2.24) is 15.2 Å². The Bertz CT molecular complexity index is 685. The summed E-state index contributed by atoms with van der Waals surface area (Å²) in [4.78, 5) is 20.5. The number of carbonyl (C=O) groups excluding carboxylic acids is 1. The highest BCUT2D eigenvalue weighted by molar-refractivity contribution is 7.22. The Morgan fingerprint density at radius 2 is 2.17 bits per heavy atom. The summed E-state index contributed by atoms with van der Waals surface area (Å²) in [7, 11) is 1.61. The molecule has 8 heteroatoms. The van der Waals surface area contributed by atoms with Crippen molar-refractivity contribution in [2.45, 2.75) is 0 Å². The minimum atomic E-state index is -0.245. The molecule has 2 aromatic rings. The Hall–Kier alpha value is -1.93. The molecule has 1 aromatic carbocycles. The zero-order valence-corrected chi connectivity index (χ0v) is 13.7. The maximum absolute atomic E-state index is 13.3. The molecule has 0 aliphatic carbocycles. The number of nitrogens with zero attached hydrogens (tertiary/aromatic N) is 3. The standard InChI is InChI=1S/C15H19FN4O2S/c1-22-9-4-17-14(21)19-5-7-20(8-6-19)15-18-12-3-2-11(16)10-13(12)23-15/h2-3,10H,4-9H2,1H3,(H,17,21). The van der Waals surface area contributed by atoms with E-state index in [1.165, 1.54) is 23.5 Å². The largest absolute Gasteiger partial charge is 0.383 e. The highest BCUT2D eigenvalue weighted by atomic mass is 32.1. The molecular formula is C15H19FN4O2S. The highest BCUT2D eigenvalue weighted by Crippen LogP contribution is 2.29. The second kappa shape index (κ2) is 7.10. The summed E-state index contributed by atoms with van der Waals surface area (Å²) in [5.41, 5.74) is 0.811. The molecule has 1 saturated heterocycles. The number of hydrogen-bond donors (Lipinski definition) is 1. The lowest BCUT2D eigenvalue weighted by Gasteiger charge is -2.34. The maximum Gasteiger partial charge on any atom is 0.317 e. The second-order valence-electron chi connectivity index (χ2n) is 5.31. The maximum atomic E-state index is 13.3. The average Bonchev–Trinajstić information content (AvgIpc) is 2.98. The van der Waals surface area contributed by atoms with Crippen LogP contribution >= 0.6 is 11.3 Å². The van der Waals surface area contributed by atoms with E-state index in [0.717, 1.165) is 28.4 Å². The summed E-state index contributed by atoms with van der Waals surface area (Å²) < 4.78 is 19.0. The number of rotatable bonds is 4. The summed E-state index contributed by atoms with van der Waals surface area (Å²) in [6.07, 6.45) is 0. The molecule has 1 fully saturated rings. The highest BCUT2D eigenvalue weighted by Gasteiger charge is 2.22. The van der Waals surface area contributed by atoms with Crippen molar-refractivity contribution in [3.8, 4) is 0 Å². The predicted molar refractivity (Wildman–Crippen MR) is 88.6 cm³/mol. The van der Waals surface area contributed by atoms with E-state index in [2.05, 4.69) is 15.2 Å². The van der Waals surface area contributed by atoms with Gasteiger partial charge >= 0.3 is 6.03 Å². The quantitative estimate of drug-likeness (QED) is 0.866. The van der Waals surface area contributed by atoms with Gasteiger partial charge in [-0.15, -0.1) is 0 Å². The van der Waals surface area contributed by atoms with Crippen molar-refractivity contribution in [2.24, 2.45) is 0 Å². The summed E-state index contributed by atoms with van der Waals surface area (Å²) in [5, 5.41) is 3.70. The SMILES string of the molecule is COCCNC(=O)N1CCN(c2nc3ccc(F)cc3s2)CC1. The van der Waals surface area contributed by atoms with Crippen molar-refractivity contribution < 1.29 is 13.9 Å². The number of thiazole rings is 1. The Balaban J connectivity index is 1.58. The minimum absolute atomic E-state index is 0.0620. The number of carbonyl (C=O) groups is 1. The predicted octanol–water partition coefficient (Wildman–Crippen LogP) is 1.91. The first-order valence-corrected chi connectivity index (χ1v) is 8.32. The van der Waals surface area contributed by atoms with Gasteiger partial charge in [-0.25, -0.2) is 14.2 Å². The van der Waals surface area contributed by atoms with Gasteiger partial charge in [0.2, 0.25) is 0 Å². The van der Waals surface area contributed by atoms with E-state index in [-0.39, 0.29) is 11.8 Å². The number of amides is 2. The lowest BCUT2D eigenvalue weighted by Crippen LogP contribution is -2.52. The van der Waals surface area contributed by atoms with E-state index in [1.807, 2.05) is 0 Å². The number of nitrogens with one attached hydrogen (secondary N) is 1. The molecular weight excluding hydrogens is 319 g/mol. The number of fused-ring (bicyclic) bond motifs is 1. The smallest absolute Gasteiger partial charge is 0.317 e. The zero-order chi connectivity index (χ0) is 16.2. The molecule has 0 bridgehead atoms. The average molecular weight is 338 g/mol. The molecule has 6 nitrogen and oxygen atoms in total. The molecule has 2 amide bonds. The first-order valence-electron chi connectivity index (χ1n) is 7.50. The van der Waals surface area contributed by atoms with Crippen molar-refractivity contribution in [3.63, 3.8) is 0 Å². The van der Waals surface area contributed by atoms with Crippen LogP contribution in [0.15, 0.2) is 18.2 Å². The molecule has 124 valence electrons. The lowest BCUT2D eigenvalue weighted by molar-refractivity contribution is 0.177. The van der Waals surface area contributed by atoms with Crippen LogP contribution in [0.5, 0.6) is 0 Å². The van der Waals surface area contributed by atoms with Crippen molar-refractivity contribution in [2.75, 3.05) is 51.3 Å². The Kier molecular flexibility index (Phi) is 4.92. The fourth-order valence-corrected chi connectivity index (χ4v) is 3.54. The van der Waals surface area contributed by atoms with Crippen LogP contribution in [0.1, 0.15) is 0 Å². The van der Waals surface area contributed by atoms with E-state index in [4.69, 9.17) is 4.74 Å². The van der Waals surface area contributed by atoms with Gasteiger partial charge in [-0.2, -0.15) is 0 Å². The monoisotopic (exact) mass is 338 g/mol. The summed E-state index contributed by atoms with van der Waals surface area (Å²) >= 11 is 1.48. The van der Waals surface area contributed by atoms with E-state index in [1.54, 1.807) is 18.1 Å². The summed E-state index contributed by atoms with van der Waals surface area (Å²) in [6, 6.07) is 4.57. The lowest BCUT2D eigenvalue weighted by atomic mass is 10.3. The number of hydrogen-bond acceptors (Lipinski definition) is 5. The van der Waals surface area contributed by atoms with Crippen molar-refractivity contribution >= 4 is 32.7 Å². The molecule has 0 spiro atoms. The first-order chi connectivity index (χ1) is 11.2. The summed E-state index contributed by atoms with van der Waals surface area (Å²) in [6.45, 7) is 3.75. The molecule has 0 unspecified atom stereocenters. The van der Waals surface area contributed by atoms with Crippen LogP contribution in [0.3, 0.4) is 0 Å². The van der Waals surface area contributed by atoms with Crippen molar-refractivity contribution in [1.29, 1.82) is 0 Å². The van der Waals surface area contributed by atoms with Gasteiger partial charge in [-0.3, -0.25) is 0 Å². The molecule has 0 atom stereocenters. The molecule has 0 radical (unpaired) electrons. The fourth-order valence-electron chi connectivity index (χ4n) is 2.49. The number of benzene rings is 1. The van der Waals surface area contributed by atoms with Gasteiger partial charge in [0.1, 0.15) is 5.82 Å². The van der Waals surface area contributed by atoms with Gasteiger partial charge in [0.05, 0.1) is 16.8 Å². The zero-order valence-electron chi connectivity index (χ0n) is 12.9. The normalized spacial score (nSPS) is 15.2. The van der Waals surface area contributed by atoms with Crippen LogP contribution in [0.2, 0.25) is 0 Å². The first kappa shape index (κ1) is 15.9. The van der Waals surface area contributed by atoms with Gasteiger partial charge in [0, 0.05) is 39.8 Å². The van der Waals surface area contributed by atoms with Gasteiger partial charge < -0.3 is 19.9 Å². The molecule has 1 aliphatic rings. The van der Waals surface area contributed by atoms with E-state index in [9.17, 15) is 9.18 Å². The van der Waals surface area contributed by atoms with Gasteiger partial charge in [-0.1, -0.05) is 11.3 Å². The third kappa shape index (κ3) is 3.70. The number of methoxy groups -OCH3 is 1. The minimum Gasteiger partial charge on any atom is -0.383 e. The molecule has 23 heavy (non-hydrogen) atoms. The molecule has 1 aromatic heterocycles. The molecule has 0 saturated carbocycles. The van der Waals surface area contributed by atoms with Crippen LogP contribution < -0.4 is 10.2 Å². The number of halogens is 1. The number of anilines is 1. The van der Waals surface area contributed by atoms with Crippen LogP contribution in [0.25, 0.3) is 10.2 Å². The van der Waals surface area contributed by atoms with Gasteiger partial charge in [-0.05, 0) is 18.2 Å². The Morgan fingerprint density at radius 1 is 1.39 bits per heavy atom. The third-order valence-electron chi connectivity index (χ3n) is 3.76. The van der Waals surface area contributed by atoms with Crippen molar-refractivity contribution in [3.05, 3.63) is 24.0 Å². The topological polar surface area (TPSA) is 57.7 Å². The summed E-state index contributed by atoms with van der Waals surface area (Å²) in [5.74, 6) is -0.245. The van der Waals surface area contributed by atoms with E-state index < -0.39 is 0 Å². The molecule has 1 aliphatic heterocycles. The molecule has 3 rings (SSSR count). The number of ether oxygens (including phenoxy) is 1. The number of piperazine rings is 1. The third-order valence-corrected chi connectivity index (χ3v) is 4.84. The molecule has 1 N–H and O–H groups in total. The Morgan fingerprint density at radius 3 is 2.91 bits per heavy atom. The van der Waals surface area contributed by atoms with E-state index in [0.29, 0.717) is 26.2 Å². The van der Waals surface area contributed by atoms with Crippen LogP contribution in [-0.2, 0) is 4.74 Å². The fraction of sp³-hybridized carbons (Fsp3) is 0.467. The van der Waals surface area contributed by atoms with E-state index >= 15 is 0 Å². The van der Waals surface area contributed by atoms with Crippen LogP contribution in [0.4, 0.5) is 14.3 Å². The van der Waals surface area contributed by atoms with Gasteiger partial charge in [0.15, 0.2) is 5.13 Å².